The van der Waals surface area contributed by atoms with E-state index in [2.05, 4.69) is 10.3 Å². The van der Waals surface area contributed by atoms with E-state index in [1.807, 2.05) is 17.8 Å². The van der Waals surface area contributed by atoms with Gasteiger partial charge in [0.1, 0.15) is 11.6 Å². The summed E-state index contributed by atoms with van der Waals surface area (Å²) in [6.45, 7) is 2.07. The molecule has 0 saturated heterocycles. The van der Waals surface area contributed by atoms with Crippen molar-refractivity contribution in [1.82, 2.24) is 14.9 Å². The smallest absolute Gasteiger partial charge is 0.254 e. The topological polar surface area (TPSA) is 46.9 Å². The zero-order valence-electron chi connectivity index (χ0n) is 11.0. The van der Waals surface area contributed by atoms with Gasteiger partial charge in [0.25, 0.3) is 5.91 Å². The summed E-state index contributed by atoms with van der Waals surface area (Å²) in [6, 6.07) is 4.80. The van der Waals surface area contributed by atoms with Crippen molar-refractivity contribution < 1.29 is 9.18 Å². The molecule has 0 aliphatic heterocycles. The van der Waals surface area contributed by atoms with E-state index < -0.39 is 11.7 Å². The summed E-state index contributed by atoms with van der Waals surface area (Å²) in [6.07, 6.45) is 4.16. The second-order valence-electron chi connectivity index (χ2n) is 4.40. The van der Waals surface area contributed by atoms with Crippen molar-refractivity contribution in [3.63, 3.8) is 0 Å². The average Bonchev–Trinajstić information content (AvgIpc) is 2.78. The van der Waals surface area contributed by atoms with Crippen LogP contribution in [-0.4, -0.2) is 22.0 Å². The van der Waals surface area contributed by atoms with E-state index in [-0.39, 0.29) is 5.56 Å². The molecule has 1 heterocycles. The number of carbonyl (C=O) groups excluding carboxylic acids is 1. The first-order valence-electron chi connectivity index (χ1n) is 6.09. The molecule has 100 valence electrons. The number of aromatic nitrogens is 2. The summed E-state index contributed by atoms with van der Waals surface area (Å²) in [4.78, 5) is 16.0. The van der Waals surface area contributed by atoms with Crippen molar-refractivity contribution in [1.29, 1.82) is 0 Å². The highest BCUT2D eigenvalue weighted by atomic mass is 19.1. The van der Waals surface area contributed by atoms with Crippen LogP contribution in [0.25, 0.3) is 0 Å². The van der Waals surface area contributed by atoms with E-state index in [1.54, 1.807) is 25.3 Å². The molecule has 0 unspecified atom stereocenters. The maximum absolute atomic E-state index is 13.7. The normalized spacial score (nSPS) is 10.5. The summed E-state index contributed by atoms with van der Waals surface area (Å²) in [5.74, 6) is 0.0254. The number of imidazole rings is 1. The van der Waals surface area contributed by atoms with Crippen LogP contribution in [0, 0.1) is 12.7 Å². The summed E-state index contributed by atoms with van der Waals surface area (Å²) in [7, 11) is 1.89. The Morgan fingerprint density at radius 1 is 1.47 bits per heavy atom. The zero-order chi connectivity index (χ0) is 13.8. The standard InChI is InChI=1S/C14H16FN3O/c1-10-4-3-5-11(13(10)15)14(19)17-7-6-12-16-8-9-18(12)2/h3-5,8-9H,6-7H2,1-2H3,(H,17,19). The van der Waals surface area contributed by atoms with Crippen LogP contribution in [0.2, 0.25) is 0 Å². The lowest BCUT2D eigenvalue weighted by Crippen LogP contribution is -2.27. The van der Waals surface area contributed by atoms with E-state index in [4.69, 9.17) is 0 Å². The first kappa shape index (κ1) is 13.3. The third-order valence-corrected chi connectivity index (χ3v) is 2.99. The van der Waals surface area contributed by atoms with Crippen LogP contribution in [0.1, 0.15) is 21.7 Å². The molecule has 0 aliphatic rings. The van der Waals surface area contributed by atoms with Gasteiger partial charge in [0.05, 0.1) is 5.56 Å². The molecule has 19 heavy (non-hydrogen) atoms. The predicted octanol–water partition coefficient (Wildman–Crippen LogP) is 1.84. The van der Waals surface area contributed by atoms with Crippen LogP contribution in [0.4, 0.5) is 4.39 Å². The Labute approximate surface area is 111 Å². The number of nitrogens with one attached hydrogen (secondary N) is 1. The second-order valence-corrected chi connectivity index (χ2v) is 4.40. The monoisotopic (exact) mass is 261 g/mol. The molecule has 0 aliphatic carbocycles. The van der Waals surface area contributed by atoms with Crippen molar-refractivity contribution in [3.8, 4) is 0 Å². The highest BCUT2D eigenvalue weighted by Crippen LogP contribution is 2.11. The quantitative estimate of drug-likeness (QED) is 0.913. The lowest BCUT2D eigenvalue weighted by atomic mass is 10.1. The fraction of sp³-hybridized carbons (Fsp3) is 0.286. The molecule has 0 radical (unpaired) electrons. The molecule has 1 aromatic heterocycles. The van der Waals surface area contributed by atoms with Crippen LogP contribution in [0.3, 0.4) is 0 Å². The number of hydrogen-bond donors (Lipinski definition) is 1. The molecule has 2 rings (SSSR count). The Morgan fingerprint density at radius 2 is 2.26 bits per heavy atom. The van der Waals surface area contributed by atoms with E-state index in [0.29, 0.717) is 18.5 Å². The molecule has 5 heteroatoms. The number of aryl methyl sites for hydroxylation is 2. The number of benzene rings is 1. The lowest BCUT2D eigenvalue weighted by molar-refractivity contribution is 0.0949. The Hall–Kier alpha value is -2.17. The maximum atomic E-state index is 13.7. The minimum absolute atomic E-state index is 0.0832. The van der Waals surface area contributed by atoms with Gasteiger partial charge >= 0.3 is 0 Å². The Morgan fingerprint density at radius 3 is 2.95 bits per heavy atom. The second kappa shape index (κ2) is 5.65. The third-order valence-electron chi connectivity index (χ3n) is 2.99. The molecule has 1 aromatic carbocycles. The SMILES string of the molecule is Cc1cccc(C(=O)NCCc2nccn2C)c1F. The first-order valence-corrected chi connectivity index (χ1v) is 6.09. The van der Waals surface area contributed by atoms with Gasteiger partial charge < -0.3 is 9.88 Å². The molecule has 0 spiro atoms. The molecular weight excluding hydrogens is 245 g/mol. The highest BCUT2D eigenvalue weighted by molar-refractivity contribution is 5.94. The summed E-state index contributed by atoms with van der Waals surface area (Å²) < 4.78 is 15.6. The minimum atomic E-state index is -0.461. The predicted molar refractivity (Wildman–Crippen MR) is 70.4 cm³/mol. The van der Waals surface area contributed by atoms with Gasteiger partial charge in [-0.25, -0.2) is 9.37 Å². The molecule has 1 amide bonds. The molecule has 0 saturated carbocycles. The fourth-order valence-electron chi connectivity index (χ4n) is 1.84. The zero-order valence-corrected chi connectivity index (χ0v) is 11.0. The van der Waals surface area contributed by atoms with Crippen molar-refractivity contribution in [2.75, 3.05) is 6.54 Å². The van der Waals surface area contributed by atoms with E-state index in [1.165, 1.54) is 6.07 Å². The van der Waals surface area contributed by atoms with Crippen LogP contribution >= 0.6 is 0 Å². The van der Waals surface area contributed by atoms with Crippen LogP contribution < -0.4 is 5.32 Å². The van der Waals surface area contributed by atoms with E-state index in [0.717, 1.165) is 5.82 Å². The van der Waals surface area contributed by atoms with Crippen LogP contribution in [-0.2, 0) is 13.5 Å². The number of carbonyl (C=O) groups is 1. The van der Waals surface area contributed by atoms with Crippen molar-refractivity contribution >= 4 is 5.91 Å². The summed E-state index contributed by atoms with van der Waals surface area (Å²) in [5, 5.41) is 2.70. The number of hydrogen-bond acceptors (Lipinski definition) is 2. The molecule has 1 N–H and O–H groups in total. The fourth-order valence-corrected chi connectivity index (χ4v) is 1.84. The first-order chi connectivity index (χ1) is 9.09. The van der Waals surface area contributed by atoms with Crippen LogP contribution in [0.5, 0.6) is 0 Å². The molecule has 0 fully saturated rings. The minimum Gasteiger partial charge on any atom is -0.351 e. The summed E-state index contributed by atoms with van der Waals surface area (Å²) >= 11 is 0. The van der Waals surface area contributed by atoms with E-state index in [9.17, 15) is 9.18 Å². The maximum Gasteiger partial charge on any atom is 0.254 e. The molecule has 2 aromatic rings. The van der Waals surface area contributed by atoms with Crippen molar-refractivity contribution in [2.45, 2.75) is 13.3 Å². The van der Waals surface area contributed by atoms with Crippen LogP contribution in [0.15, 0.2) is 30.6 Å². The molecule has 4 nitrogen and oxygen atoms in total. The molecule has 0 atom stereocenters. The Bertz CT molecular complexity index is 592. The van der Waals surface area contributed by atoms with Gasteiger partial charge in [0, 0.05) is 32.4 Å². The van der Waals surface area contributed by atoms with Gasteiger partial charge in [-0.15, -0.1) is 0 Å². The van der Waals surface area contributed by atoms with Gasteiger partial charge in [-0.1, -0.05) is 12.1 Å². The van der Waals surface area contributed by atoms with Crippen molar-refractivity contribution in [2.24, 2.45) is 7.05 Å². The lowest BCUT2D eigenvalue weighted by Gasteiger charge is -2.07. The number of nitrogens with zero attached hydrogens (tertiary/aromatic N) is 2. The van der Waals surface area contributed by atoms with Gasteiger partial charge in [-0.2, -0.15) is 0 Å². The third kappa shape index (κ3) is 2.99. The average molecular weight is 261 g/mol. The van der Waals surface area contributed by atoms with Gasteiger partial charge in [-0.05, 0) is 18.6 Å². The number of rotatable bonds is 4. The summed E-state index contributed by atoms with van der Waals surface area (Å²) in [5.41, 5.74) is 0.552. The molecule has 0 bridgehead atoms. The van der Waals surface area contributed by atoms with Gasteiger partial charge in [-0.3, -0.25) is 4.79 Å². The molecular formula is C14H16FN3O. The number of amides is 1. The van der Waals surface area contributed by atoms with E-state index >= 15 is 0 Å². The van der Waals surface area contributed by atoms with Crippen molar-refractivity contribution in [3.05, 3.63) is 53.4 Å². The van der Waals surface area contributed by atoms with Gasteiger partial charge in [0.2, 0.25) is 0 Å². The number of halogens is 1. The Balaban J connectivity index is 1.95. The highest BCUT2D eigenvalue weighted by Gasteiger charge is 2.12. The largest absolute Gasteiger partial charge is 0.351 e. The Kier molecular flexibility index (Phi) is 3.94. The van der Waals surface area contributed by atoms with Gasteiger partial charge in [0.15, 0.2) is 0 Å².